The van der Waals surface area contributed by atoms with Crippen molar-refractivity contribution in [1.29, 1.82) is 0 Å². The number of imidazole rings is 1. The fraction of sp³-hybridized carbons (Fsp3) is 0.444. The summed E-state index contributed by atoms with van der Waals surface area (Å²) in [5.41, 5.74) is 1.17. The van der Waals surface area contributed by atoms with Gasteiger partial charge in [0.25, 0.3) is 5.91 Å². The number of hydrogen-bond acceptors (Lipinski definition) is 6. The predicted molar refractivity (Wildman–Crippen MR) is 99.4 cm³/mol. The highest BCUT2D eigenvalue weighted by Crippen LogP contribution is 2.28. The number of carbonyl (C=O) groups excluding carboxylic acids is 1. The SMILES string of the molecule is C[C@@H](O)[C@H]1CC[C@H](NC(=O)c2nc(-n3ccnc3)nc3ccsc23)CC1. The number of carbonyl (C=O) groups is 1. The van der Waals surface area contributed by atoms with Gasteiger partial charge in [-0.15, -0.1) is 11.3 Å². The molecule has 0 spiro atoms. The van der Waals surface area contributed by atoms with E-state index in [9.17, 15) is 9.90 Å². The Hall–Kier alpha value is -2.32. The van der Waals surface area contributed by atoms with Gasteiger partial charge in [0.15, 0.2) is 5.69 Å². The highest BCUT2D eigenvalue weighted by Gasteiger charge is 2.26. The number of nitrogens with zero attached hydrogens (tertiary/aromatic N) is 4. The summed E-state index contributed by atoms with van der Waals surface area (Å²) in [6.45, 7) is 1.84. The van der Waals surface area contributed by atoms with Crippen LogP contribution in [0.25, 0.3) is 16.2 Å². The molecule has 2 N–H and O–H groups in total. The second-order valence-corrected chi connectivity index (χ2v) is 7.72. The van der Waals surface area contributed by atoms with Crippen LogP contribution in [-0.4, -0.2) is 42.7 Å². The second-order valence-electron chi connectivity index (χ2n) is 6.80. The van der Waals surface area contributed by atoms with E-state index in [0.29, 0.717) is 17.6 Å². The molecule has 0 radical (unpaired) electrons. The highest BCUT2D eigenvalue weighted by atomic mass is 32.1. The first-order valence-corrected chi connectivity index (χ1v) is 9.72. The molecule has 0 bridgehead atoms. The molecule has 1 fully saturated rings. The summed E-state index contributed by atoms with van der Waals surface area (Å²) < 4.78 is 2.49. The molecule has 1 aliphatic carbocycles. The fourth-order valence-electron chi connectivity index (χ4n) is 3.50. The number of aliphatic hydroxyl groups excluding tert-OH is 1. The molecule has 3 aromatic rings. The minimum atomic E-state index is -0.281. The Morgan fingerprint density at radius 3 is 2.85 bits per heavy atom. The number of nitrogens with one attached hydrogen (secondary N) is 1. The van der Waals surface area contributed by atoms with Crippen LogP contribution in [0.4, 0.5) is 0 Å². The van der Waals surface area contributed by atoms with Crippen LogP contribution in [0.3, 0.4) is 0 Å². The molecule has 0 aliphatic heterocycles. The first kappa shape index (κ1) is 17.1. The quantitative estimate of drug-likeness (QED) is 0.735. The largest absolute Gasteiger partial charge is 0.393 e. The maximum absolute atomic E-state index is 12.9. The van der Waals surface area contributed by atoms with Gasteiger partial charge in [0.1, 0.15) is 6.33 Å². The molecule has 7 nitrogen and oxygen atoms in total. The van der Waals surface area contributed by atoms with E-state index in [2.05, 4.69) is 20.3 Å². The summed E-state index contributed by atoms with van der Waals surface area (Å²) >= 11 is 1.47. The number of aliphatic hydroxyl groups is 1. The lowest BCUT2D eigenvalue weighted by atomic mass is 9.83. The van der Waals surface area contributed by atoms with Crippen LogP contribution >= 0.6 is 11.3 Å². The maximum atomic E-state index is 12.9. The van der Waals surface area contributed by atoms with E-state index in [1.165, 1.54) is 11.3 Å². The number of rotatable bonds is 4. The highest BCUT2D eigenvalue weighted by molar-refractivity contribution is 7.17. The third kappa shape index (κ3) is 3.34. The van der Waals surface area contributed by atoms with Crippen LogP contribution in [0.1, 0.15) is 43.1 Å². The van der Waals surface area contributed by atoms with Gasteiger partial charge in [-0.25, -0.2) is 15.0 Å². The summed E-state index contributed by atoms with van der Waals surface area (Å²) in [6, 6.07) is 2.02. The van der Waals surface area contributed by atoms with Crippen molar-refractivity contribution in [3.05, 3.63) is 35.9 Å². The first-order valence-electron chi connectivity index (χ1n) is 8.84. The number of aromatic nitrogens is 4. The van der Waals surface area contributed by atoms with Crippen LogP contribution in [0, 0.1) is 5.92 Å². The van der Waals surface area contributed by atoms with E-state index < -0.39 is 0 Å². The smallest absolute Gasteiger partial charge is 0.271 e. The molecule has 3 aromatic heterocycles. The molecule has 1 atom stereocenters. The monoisotopic (exact) mass is 371 g/mol. The van der Waals surface area contributed by atoms with Gasteiger partial charge in [0.05, 0.1) is 16.3 Å². The summed E-state index contributed by atoms with van der Waals surface area (Å²) in [5.74, 6) is 0.608. The Morgan fingerprint density at radius 2 is 2.15 bits per heavy atom. The summed E-state index contributed by atoms with van der Waals surface area (Å²) in [4.78, 5) is 25.9. The van der Waals surface area contributed by atoms with Gasteiger partial charge in [-0.2, -0.15) is 0 Å². The molecule has 1 aliphatic rings. The topological polar surface area (TPSA) is 92.9 Å². The number of fused-ring (bicyclic) bond motifs is 1. The van der Waals surface area contributed by atoms with Gasteiger partial charge in [-0.3, -0.25) is 9.36 Å². The third-order valence-electron chi connectivity index (χ3n) is 5.03. The van der Waals surface area contributed by atoms with Gasteiger partial charge >= 0.3 is 0 Å². The van der Waals surface area contributed by atoms with Crippen molar-refractivity contribution in [2.75, 3.05) is 0 Å². The lowest BCUT2D eigenvalue weighted by molar-refractivity contribution is 0.0830. The Bertz CT molecular complexity index is 898. The molecule has 4 rings (SSSR count). The van der Waals surface area contributed by atoms with Crippen LogP contribution in [0.15, 0.2) is 30.2 Å². The number of amides is 1. The zero-order valence-corrected chi connectivity index (χ0v) is 15.3. The van der Waals surface area contributed by atoms with Crippen LogP contribution in [0.5, 0.6) is 0 Å². The van der Waals surface area contributed by atoms with Gasteiger partial charge in [0, 0.05) is 18.4 Å². The van der Waals surface area contributed by atoms with Crippen molar-refractivity contribution in [2.24, 2.45) is 5.92 Å². The Labute approximate surface area is 155 Å². The minimum Gasteiger partial charge on any atom is -0.393 e. The van der Waals surface area contributed by atoms with Gasteiger partial charge in [-0.1, -0.05) is 0 Å². The van der Waals surface area contributed by atoms with E-state index in [-0.39, 0.29) is 18.1 Å². The van der Waals surface area contributed by atoms with Gasteiger partial charge in [0.2, 0.25) is 5.95 Å². The molecule has 26 heavy (non-hydrogen) atoms. The molecule has 1 amide bonds. The standard InChI is InChI=1S/C18H21N5O2S/c1-11(24)12-2-4-13(5-3-12)20-17(25)15-16-14(6-9-26-16)21-18(22-15)23-8-7-19-10-23/h6-13,24H,2-5H2,1H3,(H,20,25)/t11-,12-,13-/m1/s1. The van der Waals surface area contributed by atoms with E-state index in [0.717, 1.165) is 35.9 Å². The molecule has 3 heterocycles. The third-order valence-corrected chi connectivity index (χ3v) is 5.94. The molecule has 0 unspecified atom stereocenters. The summed E-state index contributed by atoms with van der Waals surface area (Å²) in [5, 5.41) is 14.8. The molecule has 0 saturated heterocycles. The van der Waals surface area contributed by atoms with Crippen molar-refractivity contribution in [2.45, 2.75) is 44.8 Å². The van der Waals surface area contributed by atoms with Crippen LogP contribution < -0.4 is 5.32 Å². The van der Waals surface area contributed by atoms with E-state index >= 15 is 0 Å². The number of thiophene rings is 1. The Morgan fingerprint density at radius 1 is 1.35 bits per heavy atom. The van der Waals surface area contributed by atoms with Crippen molar-refractivity contribution in [3.63, 3.8) is 0 Å². The van der Waals surface area contributed by atoms with Gasteiger partial charge < -0.3 is 10.4 Å². The van der Waals surface area contributed by atoms with Crippen molar-refractivity contribution in [1.82, 2.24) is 24.8 Å². The fourth-order valence-corrected chi connectivity index (χ4v) is 4.32. The molecular formula is C18H21N5O2S. The zero-order valence-electron chi connectivity index (χ0n) is 14.5. The summed E-state index contributed by atoms with van der Waals surface area (Å²) in [7, 11) is 0. The first-order chi connectivity index (χ1) is 12.6. The van der Waals surface area contributed by atoms with Crippen LogP contribution in [-0.2, 0) is 0 Å². The minimum absolute atomic E-state index is 0.124. The molecule has 136 valence electrons. The average molecular weight is 371 g/mol. The van der Waals surface area contributed by atoms with Gasteiger partial charge in [-0.05, 0) is 50.0 Å². The molecule has 0 aromatic carbocycles. The predicted octanol–water partition coefficient (Wildman–Crippen LogP) is 2.55. The van der Waals surface area contributed by atoms with Crippen molar-refractivity contribution >= 4 is 27.5 Å². The lowest BCUT2D eigenvalue weighted by Crippen LogP contribution is -2.39. The van der Waals surface area contributed by atoms with Crippen molar-refractivity contribution < 1.29 is 9.90 Å². The zero-order chi connectivity index (χ0) is 18.1. The average Bonchev–Trinajstić information content (AvgIpc) is 3.32. The van der Waals surface area contributed by atoms with E-state index in [1.54, 1.807) is 23.3 Å². The summed E-state index contributed by atoms with van der Waals surface area (Å²) in [6.07, 6.45) is 8.38. The van der Waals surface area contributed by atoms with E-state index in [1.807, 2.05) is 18.4 Å². The number of hydrogen-bond donors (Lipinski definition) is 2. The van der Waals surface area contributed by atoms with E-state index in [4.69, 9.17) is 0 Å². The van der Waals surface area contributed by atoms with Crippen molar-refractivity contribution in [3.8, 4) is 5.95 Å². The lowest BCUT2D eigenvalue weighted by Gasteiger charge is -2.30. The Kier molecular flexibility index (Phi) is 4.69. The molecule has 1 saturated carbocycles. The maximum Gasteiger partial charge on any atom is 0.271 e. The van der Waals surface area contributed by atoms with Crippen LogP contribution in [0.2, 0.25) is 0 Å². The molecular weight excluding hydrogens is 350 g/mol. The second kappa shape index (κ2) is 7.13. The normalized spacial score (nSPS) is 21.6. The molecule has 8 heteroatoms. The Balaban J connectivity index is 1.56.